The quantitative estimate of drug-likeness (QED) is 0.548. The minimum Gasteiger partial charge on any atom is -0.339 e. The van der Waals surface area contributed by atoms with E-state index in [-0.39, 0.29) is 4.79 Å². The van der Waals surface area contributed by atoms with E-state index in [2.05, 4.69) is 10.2 Å². The maximum Gasteiger partial charge on any atom is 0.374 e. The molecule has 0 unspecified atom stereocenters. The molecule has 2 aromatic heterocycles. The molecule has 19 heavy (non-hydrogen) atoms. The minimum atomic E-state index is -0.992. The van der Waals surface area contributed by atoms with Crippen molar-refractivity contribution in [3.63, 3.8) is 0 Å². The number of nitro groups is 3. The molecule has 0 amide bonds. The van der Waals surface area contributed by atoms with Crippen molar-refractivity contribution in [1.82, 2.24) is 19.7 Å². The van der Waals surface area contributed by atoms with Crippen LogP contribution in [-0.2, 0) is 0 Å². The molecule has 0 saturated carbocycles. The van der Waals surface area contributed by atoms with Crippen LogP contribution < -0.4 is 0 Å². The van der Waals surface area contributed by atoms with Gasteiger partial charge >= 0.3 is 17.2 Å². The molecule has 0 aliphatic heterocycles. The fourth-order valence-corrected chi connectivity index (χ4v) is 1.24. The van der Waals surface area contributed by atoms with Crippen LogP contribution in [0.4, 0.5) is 11.4 Å². The van der Waals surface area contributed by atoms with E-state index in [0.29, 0.717) is 6.20 Å². The van der Waals surface area contributed by atoms with E-state index in [1.807, 2.05) is 0 Å². The summed E-state index contributed by atoms with van der Waals surface area (Å²) in [5, 5.41) is 37.5. The van der Waals surface area contributed by atoms with Crippen LogP contribution >= 0.6 is 0 Å². The summed E-state index contributed by atoms with van der Waals surface area (Å²) in [4.78, 5) is 30.1. The summed E-state index contributed by atoms with van der Waals surface area (Å²) in [5.41, 5.74) is -1.13. The largest absolute Gasteiger partial charge is 0.374 e. The van der Waals surface area contributed by atoms with Crippen molar-refractivity contribution in [2.24, 2.45) is 0 Å². The predicted molar refractivity (Wildman–Crippen MR) is 55.1 cm³/mol. The van der Waals surface area contributed by atoms with E-state index in [1.54, 1.807) is 0 Å². The molecule has 98 valence electrons. The standard InChI is InChI=1S/C6H3N7O6/c14-11(15)4-1-7-9(2-4)6-5(12(16)17)3-10(8-6)13(18)19/h1-3H. The summed E-state index contributed by atoms with van der Waals surface area (Å²) in [7, 11) is 0. The molecule has 2 heterocycles. The molecule has 0 atom stereocenters. The molecule has 0 aromatic carbocycles. The zero-order chi connectivity index (χ0) is 14.2. The molecule has 0 bridgehead atoms. The van der Waals surface area contributed by atoms with Gasteiger partial charge in [0.05, 0.1) is 20.0 Å². The molecule has 0 aliphatic rings. The molecule has 0 aliphatic carbocycles. The molecule has 13 nitrogen and oxygen atoms in total. The van der Waals surface area contributed by atoms with Crippen LogP contribution in [0.15, 0.2) is 18.6 Å². The van der Waals surface area contributed by atoms with Gasteiger partial charge in [-0.3, -0.25) is 20.2 Å². The Bertz CT molecular complexity index is 686. The Kier molecular flexibility index (Phi) is 2.63. The SMILES string of the molecule is O=[N+]([O-])c1cnn(-c2nn([N+](=O)[O-])cc2[N+](=O)[O-])c1. The first kappa shape index (κ1) is 12.1. The van der Waals surface area contributed by atoms with Gasteiger partial charge in [0.25, 0.3) is 0 Å². The lowest BCUT2D eigenvalue weighted by atomic mass is 10.5. The van der Waals surface area contributed by atoms with Crippen LogP contribution in [0.25, 0.3) is 5.82 Å². The van der Waals surface area contributed by atoms with Crippen molar-refractivity contribution in [3.8, 4) is 5.82 Å². The Balaban J connectivity index is 2.56. The maximum atomic E-state index is 10.7. The van der Waals surface area contributed by atoms with Crippen molar-refractivity contribution in [1.29, 1.82) is 0 Å². The van der Waals surface area contributed by atoms with Crippen molar-refractivity contribution in [2.45, 2.75) is 0 Å². The van der Waals surface area contributed by atoms with E-state index in [0.717, 1.165) is 17.1 Å². The van der Waals surface area contributed by atoms with Gasteiger partial charge in [-0.2, -0.15) is 9.78 Å². The number of rotatable bonds is 4. The van der Waals surface area contributed by atoms with Crippen molar-refractivity contribution >= 4 is 11.4 Å². The number of aromatic nitrogens is 4. The zero-order valence-electron chi connectivity index (χ0n) is 8.81. The van der Waals surface area contributed by atoms with Crippen molar-refractivity contribution < 1.29 is 14.9 Å². The van der Waals surface area contributed by atoms with Crippen LogP contribution in [0.1, 0.15) is 0 Å². The van der Waals surface area contributed by atoms with E-state index in [9.17, 15) is 30.3 Å². The third kappa shape index (κ3) is 2.06. The van der Waals surface area contributed by atoms with Gasteiger partial charge in [-0.25, -0.2) is 0 Å². The van der Waals surface area contributed by atoms with Gasteiger partial charge < -0.3 is 10.1 Å². The lowest BCUT2D eigenvalue weighted by molar-refractivity contribution is -0.553. The Hall–Kier alpha value is -3.38. The summed E-state index contributed by atoms with van der Waals surface area (Å²) < 4.78 is 0.719. The normalized spacial score (nSPS) is 10.3. The summed E-state index contributed by atoms with van der Waals surface area (Å²) >= 11 is 0. The van der Waals surface area contributed by atoms with Crippen LogP contribution in [0, 0.1) is 30.3 Å². The van der Waals surface area contributed by atoms with Crippen LogP contribution in [0.3, 0.4) is 0 Å². The highest BCUT2D eigenvalue weighted by Crippen LogP contribution is 2.22. The van der Waals surface area contributed by atoms with Gasteiger partial charge in [0.1, 0.15) is 12.4 Å². The fraction of sp³-hybridized carbons (Fsp3) is 0. The first-order valence-corrected chi connectivity index (χ1v) is 4.48. The Morgan fingerprint density at radius 2 is 1.74 bits per heavy atom. The average Bonchev–Trinajstić information content (AvgIpc) is 2.95. The highest BCUT2D eigenvalue weighted by molar-refractivity contribution is 5.45. The molecule has 2 aromatic rings. The zero-order valence-corrected chi connectivity index (χ0v) is 8.81. The summed E-state index contributed by atoms with van der Waals surface area (Å²) in [6.45, 7) is 0. The second-order valence-corrected chi connectivity index (χ2v) is 3.15. The van der Waals surface area contributed by atoms with Gasteiger partial charge in [-0.15, -0.1) is 0 Å². The fourth-order valence-electron chi connectivity index (χ4n) is 1.24. The highest BCUT2D eigenvalue weighted by Gasteiger charge is 2.30. The Labute approximate surface area is 102 Å². The predicted octanol–water partition coefficient (Wildman–Crippen LogP) is -0.0750. The number of hydrogen-bond acceptors (Lipinski definition) is 8. The third-order valence-corrected chi connectivity index (χ3v) is 2.02. The molecule has 0 fully saturated rings. The van der Waals surface area contributed by atoms with E-state index in [1.165, 1.54) is 0 Å². The van der Waals surface area contributed by atoms with Gasteiger partial charge in [0.15, 0.2) is 6.20 Å². The van der Waals surface area contributed by atoms with Gasteiger partial charge in [0, 0.05) is 4.79 Å². The molecule has 0 saturated heterocycles. The van der Waals surface area contributed by atoms with Gasteiger partial charge in [0.2, 0.25) is 0 Å². The number of nitrogens with zero attached hydrogens (tertiary/aromatic N) is 7. The van der Waals surface area contributed by atoms with Crippen LogP contribution in [0.2, 0.25) is 0 Å². The monoisotopic (exact) mass is 269 g/mol. The first-order valence-electron chi connectivity index (χ1n) is 4.48. The molecule has 0 N–H and O–H groups in total. The van der Waals surface area contributed by atoms with E-state index in [4.69, 9.17) is 0 Å². The molecule has 0 spiro atoms. The van der Waals surface area contributed by atoms with Gasteiger partial charge in [-0.05, 0) is 0 Å². The molecular weight excluding hydrogens is 266 g/mol. The van der Waals surface area contributed by atoms with Crippen molar-refractivity contribution in [3.05, 3.63) is 48.9 Å². The second-order valence-electron chi connectivity index (χ2n) is 3.15. The number of hydrogen-bond donors (Lipinski definition) is 0. The molecule has 0 radical (unpaired) electrons. The summed E-state index contributed by atoms with van der Waals surface area (Å²) in [6.07, 6.45) is 2.28. The summed E-state index contributed by atoms with van der Waals surface area (Å²) in [6, 6.07) is 0. The Morgan fingerprint density at radius 1 is 1.05 bits per heavy atom. The molecule has 13 heteroatoms. The first-order chi connectivity index (χ1) is 8.90. The van der Waals surface area contributed by atoms with Crippen LogP contribution in [0.5, 0.6) is 0 Å². The lowest BCUT2D eigenvalue weighted by Gasteiger charge is -1.88. The third-order valence-electron chi connectivity index (χ3n) is 2.02. The van der Waals surface area contributed by atoms with Gasteiger partial charge in [-0.1, -0.05) is 0 Å². The maximum absolute atomic E-state index is 10.7. The highest BCUT2D eigenvalue weighted by atomic mass is 16.7. The lowest BCUT2D eigenvalue weighted by Crippen LogP contribution is -2.09. The molecule has 2 rings (SSSR count). The average molecular weight is 269 g/mol. The van der Waals surface area contributed by atoms with E-state index >= 15 is 0 Å². The van der Waals surface area contributed by atoms with E-state index < -0.39 is 32.1 Å². The Morgan fingerprint density at radius 3 is 2.21 bits per heavy atom. The topological polar surface area (TPSA) is 165 Å². The second kappa shape index (κ2) is 4.13. The van der Waals surface area contributed by atoms with Crippen molar-refractivity contribution in [2.75, 3.05) is 0 Å². The summed E-state index contributed by atoms with van der Waals surface area (Å²) in [5.74, 6) is -0.491. The van der Waals surface area contributed by atoms with Crippen LogP contribution in [-0.4, -0.2) is 34.5 Å². The minimum absolute atomic E-state index is 0.126. The molecular formula is C6H3N7O6. The smallest absolute Gasteiger partial charge is 0.339 e.